The smallest absolute Gasteiger partial charge is 0.331 e. The highest BCUT2D eigenvalue weighted by atomic mass is 35.5. The van der Waals surface area contributed by atoms with Crippen LogP contribution in [-0.4, -0.2) is 50.2 Å². The number of hydrogen-bond acceptors (Lipinski definition) is 5. The standard InChI is InChI=1S/C22H30ClNO5/c1-15(2)13-29-22-18(23)11-17(12-19(22)27-4)5-6-21(26)28-14-20(25)24-9-7-16(3)8-10-24/h5-6,11-12,15-16H,7-10,13-14H2,1-4H3/b6-5+. The number of nitrogens with zero attached hydrogens (tertiary/aromatic N) is 1. The molecule has 0 aliphatic carbocycles. The van der Waals surface area contributed by atoms with Crippen LogP contribution in [0.1, 0.15) is 39.2 Å². The normalized spacial score (nSPS) is 15.0. The lowest BCUT2D eigenvalue weighted by Gasteiger charge is -2.30. The first-order valence-electron chi connectivity index (χ1n) is 9.93. The van der Waals surface area contributed by atoms with Crippen molar-refractivity contribution in [1.82, 2.24) is 4.90 Å². The highest BCUT2D eigenvalue weighted by Crippen LogP contribution is 2.37. The van der Waals surface area contributed by atoms with Gasteiger partial charge in [-0.25, -0.2) is 4.79 Å². The summed E-state index contributed by atoms with van der Waals surface area (Å²) in [6, 6.07) is 3.41. The van der Waals surface area contributed by atoms with Gasteiger partial charge in [0.25, 0.3) is 5.91 Å². The summed E-state index contributed by atoms with van der Waals surface area (Å²) in [6.07, 6.45) is 4.80. The number of rotatable bonds is 8. The molecule has 29 heavy (non-hydrogen) atoms. The summed E-state index contributed by atoms with van der Waals surface area (Å²) >= 11 is 6.31. The van der Waals surface area contributed by atoms with Gasteiger partial charge in [0.1, 0.15) is 0 Å². The molecule has 1 aliphatic heterocycles. The molecule has 1 aromatic rings. The fourth-order valence-electron chi connectivity index (χ4n) is 2.92. The molecule has 1 amide bonds. The summed E-state index contributed by atoms with van der Waals surface area (Å²) in [4.78, 5) is 25.9. The van der Waals surface area contributed by atoms with Gasteiger partial charge in [-0.2, -0.15) is 0 Å². The molecule has 0 radical (unpaired) electrons. The number of halogens is 1. The minimum absolute atomic E-state index is 0.157. The molecule has 0 bridgehead atoms. The third kappa shape index (κ3) is 7.28. The fraction of sp³-hybridized carbons (Fsp3) is 0.545. The van der Waals surface area contributed by atoms with E-state index in [1.807, 2.05) is 13.8 Å². The summed E-state index contributed by atoms with van der Waals surface area (Å²) in [5.41, 5.74) is 0.664. The largest absolute Gasteiger partial charge is 0.493 e. The molecule has 2 rings (SSSR count). The number of benzene rings is 1. The highest BCUT2D eigenvalue weighted by Gasteiger charge is 2.21. The molecule has 0 unspecified atom stereocenters. The van der Waals surface area contributed by atoms with Crippen molar-refractivity contribution >= 4 is 29.6 Å². The molecule has 160 valence electrons. The predicted octanol–water partition coefficient (Wildman–Crippen LogP) is 4.20. The second kappa shape index (κ2) is 11.1. The summed E-state index contributed by atoms with van der Waals surface area (Å²) in [6.45, 7) is 7.97. The Balaban J connectivity index is 1.92. The van der Waals surface area contributed by atoms with E-state index in [-0.39, 0.29) is 12.5 Å². The second-order valence-corrected chi connectivity index (χ2v) is 8.15. The maximum absolute atomic E-state index is 12.1. The molecule has 0 N–H and O–H groups in total. The highest BCUT2D eigenvalue weighted by molar-refractivity contribution is 6.32. The average molecular weight is 424 g/mol. The average Bonchev–Trinajstić information content (AvgIpc) is 2.69. The maximum Gasteiger partial charge on any atom is 0.331 e. The Kier molecular flexibility index (Phi) is 8.83. The molecule has 0 saturated carbocycles. The van der Waals surface area contributed by atoms with Gasteiger partial charge in [-0.3, -0.25) is 4.79 Å². The van der Waals surface area contributed by atoms with Gasteiger partial charge >= 0.3 is 5.97 Å². The zero-order valence-corrected chi connectivity index (χ0v) is 18.3. The van der Waals surface area contributed by atoms with E-state index in [4.69, 9.17) is 25.8 Å². The third-order valence-electron chi connectivity index (χ3n) is 4.70. The lowest BCUT2D eigenvalue weighted by atomic mass is 9.99. The molecule has 1 aromatic carbocycles. The van der Waals surface area contributed by atoms with Crippen molar-refractivity contribution in [3.8, 4) is 11.5 Å². The molecule has 1 heterocycles. The van der Waals surface area contributed by atoms with Crippen molar-refractivity contribution < 1.29 is 23.8 Å². The zero-order valence-electron chi connectivity index (χ0n) is 17.6. The Morgan fingerprint density at radius 3 is 2.59 bits per heavy atom. The first-order chi connectivity index (χ1) is 13.8. The van der Waals surface area contributed by atoms with E-state index in [1.54, 1.807) is 23.1 Å². The van der Waals surface area contributed by atoms with Crippen LogP contribution in [0.4, 0.5) is 0 Å². The Morgan fingerprint density at radius 2 is 1.97 bits per heavy atom. The van der Waals surface area contributed by atoms with Crippen LogP contribution in [-0.2, 0) is 14.3 Å². The van der Waals surface area contributed by atoms with Crippen molar-refractivity contribution in [1.29, 1.82) is 0 Å². The Hall–Kier alpha value is -2.21. The summed E-state index contributed by atoms with van der Waals surface area (Å²) < 4.78 is 16.1. The van der Waals surface area contributed by atoms with Crippen LogP contribution in [0.2, 0.25) is 5.02 Å². The van der Waals surface area contributed by atoms with E-state index in [0.717, 1.165) is 25.9 Å². The number of likely N-dealkylation sites (tertiary alicyclic amines) is 1. The molecule has 1 fully saturated rings. The minimum atomic E-state index is -0.584. The fourth-order valence-corrected chi connectivity index (χ4v) is 3.19. The first-order valence-corrected chi connectivity index (χ1v) is 10.3. The van der Waals surface area contributed by atoms with Gasteiger partial charge in [0.2, 0.25) is 0 Å². The van der Waals surface area contributed by atoms with Crippen LogP contribution in [0.5, 0.6) is 11.5 Å². The number of methoxy groups -OCH3 is 1. The van der Waals surface area contributed by atoms with Gasteiger partial charge in [0.05, 0.1) is 18.7 Å². The van der Waals surface area contributed by atoms with Gasteiger partial charge in [-0.15, -0.1) is 0 Å². The Bertz CT molecular complexity index is 739. The predicted molar refractivity (Wildman–Crippen MR) is 113 cm³/mol. The van der Waals surface area contributed by atoms with Crippen LogP contribution in [0.25, 0.3) is 6.08 Å². The van der Waals surface area contributed by atoms with Crippen LogP contribution < -0.4 is 9.47 Å². The van der Waals surface area contributed by atoms with Crippen LogP contribution in [0.15, 0.2) is 18.2 Å². The molecule has 1 aliphatic rings. The van der Waals surface area contributed by atoms with Gasteiger partial charge in [-0.1, -0.05) is 32.4 Å². The molecular formula is C22H30ClNO5. The van der Waals surface area contributed by atoms with E-state index in [9.17, 15) is 9.59 Å². The molecule has 0 atom stereocenters. The number of carbonyl (C=O) groups is 2. The number of piperidine rings is 1. The molecule has 7 heteroatoms. The number of amides is 1. The van der Waals surface area contributed by atoms with Crippen molar-refractivity contribution in [3.05, 3.63) is 28.8 Å². The molecule has 6 nitrogen and oxygen atoms in total. The monoisotopic (exact) mass is 423 g/mol. The first kappa shape index (κ1) is 23.1. The summed E-state index contributed by atoms with van der Waals surface area (Å²) in [5, 5.41) is 0.396. The van der Waals surface area contributed by atoms with Gasteiger partial charge in [0, 0.05) is 19.2 Å². The van der Waals surface area contributed by atoms with Gasteiger partial charge in [0.15, 0.2) is 18.1 Å². The number of esters is 1. The van der Waals surface area contributed by atoms with Crippen molar-refractivity contribution in [3.63, 3.8) is 0 Å². The zero-order chi connectivity index (χ0) is 21.4. The topological polar surface area (TPSA) is 65.1 Å². The van der Waals surface area contributed by atoms with E-state index in [1.165, 1.54) is 13.2 Å². The van der Waals surface area contributed by atoms with Crippen molar-refractivity contribution in [2.24, 2.45) is 11.8 Å². The van der Waals surface area contributed by atoms with Gasteiger partial charge in [-0.05, 0) is 48.4 Å². The lowest BCUT2D eigenvalue weighted by Crippen LogP contribution is -2.40. The van der Waals surface area contributed by atoms with Crippen LogP contribution in [0, 0.1) is 11.8 Å². The number of ether oxygens (including phenoxy) is 3. The Labute approximate surface area is 177 Å². The molecule has 0 aromatic heterocycles. The molecular weight excluding hydrogens is 394 g/mol. The van der Waals surface area contributed by atoms with E-state index in [2.05, 4.69) is 6.92 Å². The lowest BCUT2D eigenvalue weighted by molar-refractivity contribution is -0.148. The number of carbonyl (C=O) groups excluding carboxylic acids is 2. The maximum atomic E-state index is 12.1. The van der Waals surface area contributed by atoms with Gasteiger partial charge < -0.3 is 19.1 Å². The SMILES string of the molecule is COc1cc(/C=C/C(=O)OCC(=O)N2CCC(C)CC2)cc(Cl)c1OCC(C)C. The van der Waals surface area contributed by atoms with Crippen molar-refractivity contribution in [2.75, 3.05) is 33.4 Å². The third-order valence-corrected chi connectivity index (χ3v) is 4.98. The molecule has 1 saturated heterocycles. The summed E-state index contributed by atoms with van der Waals surface area (Å²) in [7, 11) is 1.53. The van der Waals surface area contributed by atoms with Crippen LogP contribution in [0.3, 0.4) is 0 Å². The van der Waals surface area contributed by atoms with E-state index < -0.39 is 5.97 Å². The number of hydrogen-bond donors (Lipinski definition) is 0. The Morgan fingerprint density at radius 1 is 1.28 bits per heavy atom. The molecule has 0 spiro atoms. The minimum Gasteiger partial charge on any atom is -0.493 e. The second-order valence-electron chi connectivity index (χ2n) is 7.74. The van der Waals surface area contributed by atoms with E-state index in [0.29, 0.717) is 40.5 Å². The van der Waals surface area contributed by atoms with E-state index >= 15 is 0 Å². The van der Waals surface area contributed by atoms with Crippen LogP contribution >= 0.6 is 11.6 Å². The quantitative estimate of drug-likeness (QED) is 0.463. The summed E-state index contributed by atoms with van der Waals surface area (Å²) in [5.74, 6) is 1.20. The van der Waals surface area contributed by atoms with Crippen molar-refractivity contribution in [2.45, 2.75) is 33.6 Å².